The molecule has 9 heteroatoms. The van der Waals surface area contributed by atoms with Crippen LogP contribution in [-0.4, -0.2) is 34.7 Å². The molecule has 3 N–H and O–H groups in total. The third kappa shape index (κ3) is 4.27. The number of carbonyl (C=O) groups is 1. The van der Waals surface area contributed by atoms with Crippen molar-refractivity contribution in [3.63, 3.8) is 0 Å². The minimum absolute atomic E-state index is 0. The number of hydrogen-bond acceptors (Lipinski definition) is 3. The second kappa shape index (κ2) is 7.67. The van der Waals surface area contributed by atoms with Gasteiger partial charge in [-0.1, -0.05) is 0 Å². The van der Waals surface area contributed by atoms with Gasteiger partial charge in [0.25, 0.3) is 11.8 Å². The minimum Gasteiger partial charge on any atom is -0.346 e. The van der Waals surface area contributed by atoms with Gasteiger partial charge in [-0.2, -0.15) is 5.10 Å². The van der Waals surface area contributed by atoms with E-state index in [9.17, 15) is 18.0 Å². The van der Waals surface area contributed by atoms with Crippen LogP contribution < -0.4 is 11.1 Å². The first-order valence-corrected chi connectivity index (χ1v) is 6.93. The van der Waals surface area contributed by atoms with E-state index in [1.807, 2.05) is 0 Å². The smallest absolute Gasteiger partial charge is 0.277 e. The zero-order valence-corrected chi connectivity index (χ0v) is 14.0. The largest absolute Gasteiger partial charge is 0.346 e. The fourth-order valence-corrected chi connectivity index (χ4v) is 2.18. The van der Waals surface area contributed by atoms with Crippen LogP contribution in [0.3, 0.4) is 0 Å². The molecule has 0 fully saturated rings. The van der Waals surface area contributed by atoms with E-state index < -0.39 is 30.7 Å². The fourth-order valence-electron chi connectivity index (χ4n) is 2.18. The van der Waals surface area contributed by atoms with Gasteiger partial charge in [0, 0.05) is 0 Å². The number of nitrogens with zero attached hydrogens (tertiary/aromatic N) is 2. The van der Waals surface area contributed by atoms with Gasteiger partial charge < -0.3 is 11.1 Å². The number of benzene rings is 1. The van der Waals surface area contributed by atoms with Crippen molar-refractivity contribution in [2.75, 3.05) is 13.1 Å². The highest BCUT2D eigenvalue weighted by Gasteiger charge is 2.28. The molecule has 1 aromatic carbocycles. The maximum absolute atomic E-state index is 13.1. The van der Waals surface area contributed by atoms with Gasteiger partial charge in [-0.25, -0.2) is 17.9 Å². The number of amides is 1. The lowest BCUT2D eigenvalue weighted by Crippen LogP contribution is -2.41. The summed E-state index contributed by atoms with van der Waals surface area (Å²) in [6.45, 7) is 1.55. The Balaban J connectivity index is 0.00000288. The van der Waals surface area contributed by atoms with Crippen LogP contribution >= 0.6 is 12.4 Å². The number of halogens is 4. The molecule has 1 aromatic heterocycles. The Morgan fingerprint density at radius 2 is 1.88 bits per heavy atom. The Bertz CT molecular complexity index is 716. The van der Waals surface area contributed by atoms with Crippen LogP contribution in [-0.2, 0) is 0 Å². The Labute approximate surface area is 143 Å². The average molecular weight is 363 g/mol. The van der Waals surface area contributed by atoms with Gasteiger partial charge in [-0.3, -0.25) is 4.79 Å². The van der Waals surface area contributed by atoms with Crippen LogP contribution in [0.5, 0.6) is 0 Å². The van der Waals surface area contributed by atoms with Gasteiger partial charge in [-0.15, -0.1) is 12.4 Å². The summed E-state index contributed by atoms with van der Waals surface area (Å²) in [5.41, 5.74) is 6.58. The van der Waals surface area contributed by atoms with Crippen LogP contribution in [0.15, 0.2) is 24.3 Å². The Morgan fingerprint density at radius 3 is 2.42 bits per heavy atom. The molecule has 1 heterocycles. The highest BCUT2D eigenvalue weighted by molar-refractivity contribution is 5.96. The number of rotatable bonds is 5. The number of aromatic nitrogens is 2. The molecule has 0 unspecified atom stereocenters. The maximum atomic E-state index is 13.1. The predicted molar refractivity (Wildman–Crippen MR) is 86.6 cm³/mol. The molecule has 0 aliphatic carbocycles. The lowest BCUT2D eigenvalue weighted by Gasteiger charge is -2.14. The van der Waals surface area contributed by atoms with Crippen LogP contribution in [0.2, 0.25) is 0 Å². The predicted octanol–water partition coefficient (Wildman–Crippen LogP) is 2.37. The number of nitrogens with one attached hydrogen (secondary N) is 1. The molecule has 0 saturated heterocycles. The molecule has 2 rings (SSSR count). The van der Waals surface area contributed by atoms with Gasteiger partial charge in [0.15, 0.2) is 0 Å². The molecular formula is C15H18ClF3N4O. The molecule has 5 nitrogen and oxygen atoms in total. The molecule has 0 aliphatic rings. The van der Waals surface area contributed by atoms with Crippen molar-refractivity contribution in [1.82, 2.24) is 15.1 Å². The third-order valence-electron chi connectivity index (χ3n) is 3.40. The van der Waals surface area contributed by atoms with Crippen molar-refractivity contribution in [1.29, 1.82) is 0 Å². The average Bonchev–Trinajstić information content (AvgIpc) is 2.81. The van der Waals surface area contributed by atoms with Gasteiger partial charge in [0.2, 0.25) is 0 Å². The highest BCUT2D eigenvalue weighted by atomic mass is 35.5. The number of carbonyl (C=O) groups excluding carboxylic acids is 1. The zero-order chi connectivity index (χ0) is 17.2. The second-order valence-corrected chi connectivity index (χ2v) is 5.18. The molecule has 0 saturated carbocycles. The fraction of sp³-hybridized carbons (Fsp3) is 0.333. The molecule has 2 aromatic rings. The monoisotopic (exact) mass is 362 g/mol. The molecule has 0 spiro atoms. The first-order chi connectivity index (χ1) is 10.7. The van der Waals surface area contributed by atoms with Crippen molar-refractivity contribution < 1.29 is 18.0 Å². The molecular weight excluding hydrogens is 345 g/mol. The summed E-state index contributed by atoms with van der Waals surface area (Å²) in [5, 5.41) is 6.38. The van der Waals surface area contributed by atoms with E-state index in [1.54, 1.807) is 13.8 Å². The highest BCUT2D eigenvalue weighted by Crippen LogP contribution is 2.19. The van der Waals surface area contributed by atoms with Gasteiger partial charge in [0.05, 0.1) is 35.7 Å². The summed E-state index contributed by atoms with van der Waals surface area (Å²) in [7, 11) is 0. The number of alkyl halides is 2. The van der Waals surface area contributed by atoms with E-state index >= 15 is 0 Å². The quantitative estimate of drug-likeness (QED) is 0.857. The number of nitrogens with two attached hydrogens (primary N) is 1. The Morgan fingerprint density at radius 1 is 1.29 bits per heavy atom. The second-order valence-electron chi connectivity index (χ2n) is 5.18. The molecule has 0 bridgehead atoms. The van der Waals surface area contributed by atoms with E-state index in [1.165, 1.54) is 28.9 Å². The summed E-state index contributed by atoms with van der Waals surface area (Å²) in [6, 6.07) is 5.57. The topological polar surface area (TPSA) is 72.9 Å². The van der Waals surface area contributed by atoms with Gasteiger partial charge in [-0.05, 0) is 38.1 Å². The van der Waals surface area contributed by atoms with E-state index in [-0.39, 0.29) is 18.0 Å². The summed E-state index contributed by atoms with van der Waals surface area (Å²) >= 11 is 0. The Kier molecular flexibility index (Phi) is 6.39. The van der Waals surface area contributed by atoms with E-state index in [4.69, 9.17) is 5.73 Å². The normalized spacial score (nSPS) is 11.1. The molecule has 0 atom stereocenters. The van der Waals surface area contributed by atoms with E-state index in [0.717, 1.165) is 0 Å². The molecule has 1 amide bonds. The lowest BCUT2D eigenvalue weighted by molar-refractivity contribution is 0.0118. The van der Waals surface area contributed by atoms with E-state index in [0.29, 0.717) is 17.1 Å². The van der Waals surface area contributed by atoms with Crippen molar-refractivity contribution >= 4 is 18.3 Å². The summed E-state index contributed by atoms with van der Waals surface area (Å²) in [5.74, 6) is -4.21. The Hall–Kier alpha value is -2.06. The summed E-state index contributed by atoms with van der Waals surface area (Å²) < 4.78 is 40.7. The van der Waals surface area contributed by atoms with Crippen LogP contribution in [0.4, 0.5) is 13.2 Å². The van der Waals surface area contributed by atoms with Crippen LogP contribution in [0, 0.1) is 19.7 Å². The minimum atomic E-state index is -3.16. The SMILES string of the molecule is Cc1nn(-c2ccc(F)cc2)c(C)c1C(=O)NCC(F)(F)CN.Cl. The molecule has 24 heavy (non-hydrogen) atoms. The molecule has 0 aliphatic heterocycles. The standard InChI is InChI=1S/C15H17F3N4O.ClH/c1-9-13(14(23)20-8-15(17,18)7-19)10(2)22(21-9)12-5-3-11(16)4-6-12;/h3-6H,7-8,19H2,1-2H3,(H,20,23);1H. The van der Waals surface area contributed by atoms with Crippen molar-refractivity contribution in [3.05, 3.63) is 47.0 Å². The van der Waals surface area contributed by atoms with Gasteiger partial charge in [0.1, 0.15) is 5.82 Å². The van der Waals surface area contributed by atoms with Crippen molar-refractivity contribution in [3.8, 4) is 5.69 Å². The maximum Gasteiger partial charge on any atom is 0.277 e. The first-order valence-electron chi connectivity index (χ1n) is 6.93. The van der Waals surface area contributed by atoms with E-state index in [2.05, 4.69) is 10.4 Å². The van der Waals surface area contributed by atoms with Crippen molar-refractivity contribution in [2.45, 2.75) is 19.8 Å². The number of hydrogen-bond donors (Lipinski definition) is 2. The van der Waals surface area contributed by atoms with Crippen LogP contribution in [0.25, 0.3) is 5.69 Å². The third-order valence-corrected chi connectivity index (χ3v) is 3.40. The van der Waals surface area contributed by atoms with Crippen LogP contribution in [0.1, 0.15) is 21.7 Å². The zero-order valence-electron chi connectivity index (χ0n) is 13.1. The van der Waals surface area contributed by atoms with Crippen molar-refractivity contribution in [2.24, 2.45) is 5.73 Å². The molecule has 0 radical (unpaired) electrons. The van der Waals surface area contributed by atoms with Gasteiger partial charge >= 0.3 is 0 Å². The summed E-state index contributed by atoms with van der Waals surface area (Å²) in [6.07, 6.45) is 0. The lowest BCUT2D eigenvalue weighted by atomic mass is 10.1. The molecule has 132 valence electrons. The summed E-state index contributed by atoms with van der Waals surface area (Å²) in [4.78, 5) is 12.1. The first kappa shape index (κ1) is 20.0. The number of aryl methyl sites for hydroxylation is 1.